The topological polar surface area (TPSA) is 29.5 Å². The fourth-order valence-electron chi connectivity index (χ4n) is 1.69. The van der Waals surface area contributed by atoms with Crippen LogP contribution in [-0.4, -0.2) is 26.1 Å². The molecule has 1 N–H and O–H groups in total. The Bertz CT molecular complexity index is 404. The molecule has 3 heteroatoms. The van der Waals surface area contributed by atoms with E-state index in [1.807, 2.05) is 0 Å². The number of aliphatic hydroxyl groups excluding tert-OH is 1. The maximum absolute atomic E-state index is 10.1. The molecule has 0 bridgehead atoms. The van der Waals surface area contributed by atoms with Crippen LogP contribution in [0.25, 0.3) is 0 Å². The molecule has 114 valence electrons. The fraction of sp³-hybridized carbons (Fsp3) is 0.647. The number of rotatable bonds is 6. The van der Waals surface area contributed by atoms with E-state index in [-0.39, 0.29) is 11.1 Å². The summed E-state index contributed by atoms with van der Waals surface area (Å²) in [6.45, 7) is 13.7. The predicted molar refractivity (Wildman–Crippen MR) is 88.7 cm³/mol. The average molecular weight is 295 g/mol. The number of hydrogen-bond acceptors (Lipinski definition) is 2. The van der Waals surface area contributed by atoms with Gasteiger partial charge in [0.15, 0.2) is 8.32 Å². The van der Waals surface area contributed by atoms with Gasteiger partial charge in [-0.1, -0.05) is 50.6 Å². The predicted octanol–water partition coefficient (Wildman–Crippen LogP) is 4.31. The third kappa shape index (κ3) is 5.39. The van der Waals surface area contributed by atoms with E-state index in [9.17, 15) is 5.11 Å². The van der Waals surface area contributed by atoms with Crippen molar-refractivity contribution in [3.63, 3.8) is 0 Å². The van der Waals surface area contributed by atoms with E-state index in [2.05, 4.69) is 65.1 Å². The molecule has 0 heterocycles. The zero-order chi connectivity index (χ0) is 15.4. The van der Waals surface area contributed by atoms with Gasteiger partial charge >= 0.3 is 0 Å². The van der Waals surface area contributed by atoms with Crippen LogP contribution in [0.4, 0.5) is 0 Å². The molecule has 0 aliphatic heterocycles. The number of hydrogen-bond donors (Lipinski definition) is 1. The van der Waals surface area contributed by atoms with Gasteiger partial charge < -0.3 is 9.53 Å². The van der Waals surface area contributed by atoms with Crippen molar-refractivity contribution in [1.29, 1.82) is 0 Å². The van der Waals surface area contributed by atoms with Gasteiger partial charge in [-0.25, -0.2) is 0 Å². The summed E-state index contributed by atoms with van der Waals surface area (Å²) in [5.74, 6) is 0. The molecule has 0 fully saturated rings. The van der Waals surface area contributed by atoms with Crippen LogP contribution in [0.2, 0.25) is 18.1 Å². The van der Waals surface area contributed by atoms with Gasteiger partial charge in [-0.3, -0.25) is 0 Å². The first-order valence-electron chi connectivity index (χ1n) is 7.49. The Morgan fingerprint density at radius 1 is 1.15 bits per heavy atom. The van der Waals surface area contributed by atoms with Crippen molar-refractivity contribution < 1.29 is 9.53 Å². The molecule has 20 heavy (non-hydrogen) atoms. The molecule has 0 aliphatic rings. The monoisotopic (exact) mass is 294 g/mol. The third-order valence-corrected chi connectivity index (χ3v) is 8.83. The third-order valence-electron chi connectivity index (χ3n) is 4.33. The molecule has 0 saturated carbocycles. The minimum Gasteiger partial charge on any atom is -0.414 e. The van der Waals surface area contributed by atoms with Crippen molar-refractivity contribution in [2.24, 2.45) is 0 Å². The number of benzene rings is 1. The largest absolute Gasteiger partial charge is 0.414 e. The van der Waals surface area contributed by atoms with Crippen LogP contribution in [0.1, 0.15) is 38.3 Å². The van der Waals surface area contributed by atoms with Crippen molar-refractivity contribution in [2.45, 2.75) is 64.8 Å². The van der Waals surface area contributed by atoms with E-state index in [1.54, 1.807) is 0 Å². The summed E-state index contributed by atoms with van der Waals surface area (Å²) in [5.41, 5.74) is 2.55. The van der Waals surface area contributed by atoms with Crippen LogP contribution in [-0.2, 0) is 10.8 Å². The van der Waals surface area contributed by atoms with Gasteiger partial charge in [-0.15, -0.1) is 0 Å². The van der Waals surface area contributed by atoms with Gasteiger partial charge in [0.05, 0.1) is 12.7 Å². The van der Waals surface area contributed by atoms with Gasteiger partial charge in [-0.05, 0) is 43.5 Å². The standard InChI is InChI=1S/C17H30O2Si/c1-14-7-9-15(10-8-14)11-12-16(18)13-19-20(5,6)17(2,3)4/h7-10,16,18H,11-13H2,1-6H3. The van der Waals surface area contributed by atoms with Crippen molar-refractivity contribution in [2.75, 3.05) is 6.61 Å². The Kier molecular flexibility index (Phi) is 5.99. The molecule has 0 aliphatic carbocycles. The van der Waals surface area contributed by atoms with Crippen molar-refractivity contribution in [3.8, 4) is 0 Å². The maximum atomic E-state index is 10.1. The summed E-state index contributed by atoms with van der Waals surface area (Å²) in [4.78, 5) is 0. The van der Waals surface area contributed by atoms with Crippen LogP contribution in [0.15, 0.2) is 24.3 Å². The summed E-state index contributed by atoms with van der Waals surface area (Å²) in [6.07, 6.45) is 1.30. The highest BCUT2D eigenvalue weighted by atomic mass is 28.4. The van der Waals surface area contributed by atoms with Crippen molar-refractivity contribution in [1.82, 2.24) is 0 Å². The van der Waals surface area contributed by atoms with Gasteiger partial charge in [0.1, 0.15) is 0 Å². The van der Waals surface area contributed by atoms with Crippen LogP contribution in [0.3, 0.4) is 0 Å². The summed E-state index contributed by atoms with van der Waals surface area (Å²) >= 11 is 0. The summed E-state index contributed by atoms with van der Waals surface area (Å²) in [6, 6.07) is 8.51. The molecule has 0 saturated heterocycles. The SMILES string of the molecule is Cc1ccc(CCC(O)CO[Si](C)(C)C(C)(C)C)cc1. The molecule has 0 amide bonds. The van der Waals surface area contributed by atoms with E-state index in [4.69, 9.17) is 4.43 Å². The van der Waals surface area contributed by atoms with Crippen LogP contribution < -0.4 is 0 Å². The molecule has 0 aromatic heterocycles. The Morgan fingerprint density at radius 3 is 2.20 bits per heavy atom. The van der Waals surface area contributed by atoms with E-state index in [0.717, 1.165) is 12.8 Å². The molecular formula is C17H30O2Si. The van der Waals surface area contributed by atoms with E-state index < -0.39 is 8.32 Å². The molecule has 0 spiro atoms. The van der Waals surface area contributed by atoms with E-state index in [0.29, 0.717) is 6.61 Å². The highest BCUT2D eigenvalue weighted by Crippen LogP contribution is 2.36. The molecule has 1 atom stereocenters. The van der Waals surface area contributed by atoms with Gasteiger partial charge in [0.2, 0.25) is 0 Å². The van der Waals surface area contributed by atoms with E-state index >= 15 is 0 Å². The molecule has 2 nitrogen and oxygen atoms in total. The Hall–Kier alpha value is -0.643. The highest BCUT2D eigenvalue weighted by molar-refractivity contribution is 6.74. The lowest BCUT2D eigenvalue weighted by Crippen LogP contribution is -2.42. The van der Waals surface area contributed by atoms with Gasteiger partial charge in [-0.2, -0.15) is 0 Å². The molecular weight excluding hydrogens is 264 g/mol. The second-order valence-electron chi connectivity index (χ2n) is 7.25. The Balaban J connectivity index is 2.37. The fourth-order valence-corrected chi connectivity index (χ4v) is 2.73. The smallest absolute Gasteiger partial charge is 0.192 e. The second kappa shape index (κ2) is 6.88. The van der Waals surface area contributed by atoms with Gasteiger partial charge in [0.25, 0.3) is 0 Å². The molecule has 1 aromatic carbocycles. The Morgan fingerprint density at radius 2 is 1.70 bits per heavy atom. The first kappa shape index (κ1) is 17.4. The summed E-state index contributed by atoms with van der Waals surface area (Å²) in [7, 11) is -1.74. The summed E-state index contributed by atoms with van der Waals surface area (Å²) in [5, 5.41) is 10.3. The van der Waals surface area contributed by atoms with Crippen molar-refractivity contribution >= 4 is 8.32 Å². The number of aliphatic hydroxyl groups is 1. The maximum Gasteiger partial charge on any atom is 0.192 e. The normalized spacial score (nSPS) is 14.3. The zero-order valence-corrected chi connectivity index (χ0v) is 14.9. The first-order chi connectivity index (χ1) is 9.12. The van der Waals surface area contributed by atoms with Crippen LogP contribution in [0, 0.1) is 6.92 Å². The molecule has 1 unspecified atom stereocenters. The van der Waals surface area contributed by atoms with Gasteiger partial charge in [0, 0.05) is 0 Å². The van der Waals surface area contributed by atoms with Crippen LogP contribution in [0.5, 0.6) is 0 Å². The lowest BCUT2D eigenvalue weighted by atomic mass is 10.1. The zero-order valence-electron chi connectivity index (χ0n) is 13.9. The number of aryl methyl sites for hydroxylation is 2. The van der Waals surface area contributed by atoms with E-state index in [1.165, 1.54) is 11.1 Å². The lowest BCUT2D eigenvalue weighted by Gasteiger charge is -2.36. The molecule has 1 aromatic rings. The lowest BCUT2D eigenvalue weighted by molar-refractivity contribution is 0.0931. The summed E-state index contributed by atoms with van der Waals surface area (Å²) < 4.78 is 6.05. The minimum absolute atomic E-state index is 0.198. The second-order valence-corrected chi connectivity index (χ2v) is 12.1. The highest BCUT2D eigenvalue weighted by Gasteiger charge is 2.37. The van der Waals surface area contributed by atoms with Crippen molar-refractivity contribution in [3.05, 3.63) is 35.4 Å². The Labute approximate surface area is 125 Å². The average Bonchev–Trinajstić information content (AvgIpc) is 2.34. The van der Waals surface area contributed by atoms with Crippen LogP contribution >= 0.6 is 0 Å². The molecule has 0 radical (unpaired) electrons. The quantitative estimate of drug-likeness (QED) is 0.792. The first-order valence-corrected chi connectivity index (χ1v) is 10.4. The minimum atomic E-state index is -1.74. The molecule has 1 rings (SSSR count).